The van der Waals surface area contributed by atoms with Gasteiger partial charge in [-0.05, 0) is 55.4 Å². The van der Waals surface area contributed by atoms with Crippen LogP contribution in [0.4, 0.5) is 19.3 Å². The van der Waals surface area contributed by atoms with Crippen LogP contribution >= 0.6 is 11.3 Å². The minimum atomic E-state index is -0.792. The number of carbonyl (C=O) groups excluding carboxylic acids is 1. The Morgan fingerprint density at radius 2 is 2.08 bits per heavy atom. The normalized spacial score (nSPS) is 17.0. The van der Waals surface area contributed by atoms with E-state index >= 15 is 0 Å². The van der Waals surface area contributed by atoms with Gasteiger partial charge in [0.2, 0.25) is 0 Å². The molecule has 1 aromatic carbocycles. The van der Waals surface area contributed by atoms with E-state index in [9.17, 15) is 13.6 Å². The van der Waals surface area contributed by atoms with Gasteiger partial charge in [-0.3, -0.25) is 4.90 Å². The van der Waals surface area contributed by atoms with Gasteiger partial charge in [-0.2, -0.15) is 0 Å². The van der Waals surface area contributed by atoms with Crippen LogP contribution in [0.3, 0.4) is 0 Å². The molecule has 0 aliphatic carbocycles. The number of benzene rings is 1. The minimum absolute atomic E-state index is 0.0385. The molecule has 140 valence electrons. The summed E-state index contributed by atoms with van der Waals surface area (Å²) in [5.74, 6) is -0.738. The van der Waals surface area contributed by atoms with Gasteiger partial charge in [0, 0.05) is 17.5 Å². The lowest BCUT2D eigenvalue weighted by atomic mass is 9.97. The molecule has 1 aromatic heterocycles. The number of amides is 2. The first-order chi connectivity index (χ1) is 12.5. The van der Waals surface area contributed by atoms with Gasteiger partial charge < -0.3 is 10.6 Å². The molecule has 2 aromatic rings. The van der Waals surface area contributed by atoms with Crippen LogP contribution in [0.25, 0.3) is 0 Å². The Morgan fingerprint density at radius 1 is 1.31 bits per heavy atom. The van der Waals surface area contributed by atoms with Crippen LogP contribution < -0.4 is 10.6 Å². The fraction of sp³-hybridized carbons (Fsp3) is 0.421. The number of nitrogens with one attached hydrogen (secondary N) is 2. The molecular formula is C19H23F2N3OS. The van der Waals surface area contributed by atoms with E-state index in [1.807, 2.05) is 11.4 Å². The highest BCUT2D eigenvalue weighted by Crippen LogP contribution is 2.29. The minimum Gasteiger partial charge on any atom is -0.336 e. The molecule has 0 bridgehead atoms. The third-order valence-electron chi connectivity index (χ3n) is 4.77. The molecule has 1 aliphatic rings. The quantitative estimate of drug-likeness (QED) is 0.796. The summed E-state index contributed by atoms with van der Waals surface area (Å²) in [6.07, 6.45) is 2.30. The second kappa shape index (κ2) is 8.60. The van der Waals surface area contributed by atoms with Gasteiger partial charge in [-0.25, -0.2) is 13.6 Å². The second-order valence-corrected chi connectivity index (χ2v) is 7.69. The summed E-state index contributed by atoms with van der Waals surface area (Å²) in [5, 5.41) is 7.30. The standard InChI is InChI=1S/C19H23F2N3OS/c1-13-6-8-24(9-7-13)17(18-3-2-10-26-18)12-22-19(25)23-16-5-4-14(20)11-15(16)21/h2-5,10-11,13,17H,6-9,12H2,1H3,(H2,22,23,25)/t17-/m0/s1. The van der Waals surface area contributed by atoms with Crippen molar-refractivity contribution in [3.05, 3.63) is 52.2 Å². The van der Waals surface area contributed by atoms with Gasteiger partial charge in [0.15, 0.2) is 0 Å². The Morgan fingerprint density at radius 3 is 2.73 bits per heavy atom. The smallest absolute Gasteiger partial charge is 0.319 e. The van der Waals surface area contributed by atoms with Crippen molar-refractivity contribution in [2.45, 2.75) is 25.8 Å². The first kappa shape index (κ1) is 18.8. The number of likely N-dealkylation sites (tertiary alicyclic amines) is 1. The number of anilines is 1. The number of rotatable bonds is 5. The monoisotopic (exact) mass is 379 g/mol. The molecule has 2 N–H and O–H groups in total. The zero-order chi connectivity index (χ0) is 18.5. The summed E-state index contributed by atoms with van der Waals surface area (Å²) < 4.78 is 26.6. The predicted octanol–water partition coefficient (Wildman–Crippen LogP) is 4.62. The van der Waals surface area contributed by atoms with Crippen LogP contribution in [0, 0.1) is 17.6 Å². The van der Waals surface area contributed by atoms with E-state index in [4.69, 9.17) is 0 Å². The number of thiophene rings is 1. The van der Waals surface area contributed by atoms with Crippen LogP contribution in [0.5, 0.6) is 0 Å². The molecule has 2 heterocycles. The fourth-order valence-corrected chi connectivity index (χ4v) is 4.04. The molecule has 2 amide bonds. The maximum absolute atomic E-state index is 13.7. The van der Waals surface area contributed by atoms with Gasteiger partial charge in [0.25, 0.3) is 0 Å². The summed E-state index contributed by atoms with van der Waals surface area (Å²) in [6.45, 7) is 4.70. The Labute approximate surface area is 156 Å². The van der Waals surface area contributed by atoms with E-state index in [2.05, 4.69) is 28.5 Å². The zero-order valence-electron chi connectivity index (χ0n) is 14.7. The second-order valence-electron chi connectivity index (χ2n) is 6.71. The lowest BCUT2D eigenvalue weighted by Crippen LogP contribution is -2.42. The van der Waals surface area contributed by atoms with E-state index < -0.39 is 17.7 Å². The Hall–Kier alpha value is -1.99. The summed E-state index contributed by atoms with van der Waals surface area (Å²) in [6, 6.07) is 6.77. The van der Waals surface area contributed by atoms with Crippen molar-refractivity contribution in [2.24, 2.45) is 5.92 Å². The number of nitrogens with zero attached hydrogens (tertiary/aromatic N) is 1. The van der Waals surface area contributed by atoms with Crippen molar-refractivity contribution in [3.8, 4) is 0 Å². The average molecular weight is 379 g/mol. The summed E-state index contributed by atoms with van der Waals surface area (Å²) in [4.78, 5) is 15.8. The zero-order valence-corrected chi connectivity index (χ0v) is 15.5. The molecule has 0 spiro atoms. The summed E-state index contributed by atoms with van der Waals surface area (Å²) in [7, 11) is 0. The number of halogens is 2. The first-order valence-electron chi connectivity index (χ1n) is 8.80. The number of hydrogen-bond donors (Lipinski definition) is 2. The highest BCUT2D eigenvalue weighted by molar-refractivity contribution is 7.10. The molecule has 26 heavy (non-hydrogen) atoms. The molecular weight excluding hydrogens is 356 g/mol. The van der Waals surface area contributed by atoms with Crippen molar-refractivity contribution >= 4 is 23.1 Å². The van der Waals surface area contributed by atoms with Gasteiger partial charge in [-0.15, -0.1) is 11.3 Å². The molecule has 4 nitrogen and oxygen atoms in total. The fourth-order valence-electron chi connectivity index (χ4n) is 3.18. The van der Waals surface area contributed by atoms with Gasteiger partial charge in [0.05, 0.1) is 11.7 Å². The molecule has 1 aliphatic heterocycles. The van der Waals surface area contributed by atoms with Crippen LogP contribution in [-0.2, 0) is 0 Å². The molecule has 0 saturated carbocycles. The third-order valence-corrected chi connectivity index (χ3v) is 5.74. The van der Waals surface area contributed by atoms with Crippen LogP contribution in [0.15, 0.2) is 35.7 Å². The van der Waals surface area contributed by atoms with Crippen molar-refractivity contribution in [1.82, 2.24) is 10.2 Å². The summed E-state index contributed by atoms with van der Waals surface area (Å²) >= 11 is 1.67. The molecule has 7 heteroatoms. The van der Waals surface area contributed by atoms with Crippen molar-refractivity contribution in [3.63, 3.8) is 0 Å². The Kier molecular flexibility index (Phi) is 6.21. The molecule has 0 radical (unpaired) electrons. The van der Waals surface area contributed by atoms with Crippen molar-refractivity contribution < 1.29 is 13.6 Å². The Balaban J connectivity index is 1.61. The van der Waals surface area contributed by atoms with E-state index in [-0.39, 0.29) is 11.7 Å². The molecule has 0 unspecified atom stereocenters. The van der Waals surface area contributed by atoms with E-state index in [1.54, 1.807) is 11.3 Å². The molecule has 3 rings (SSSR count). The largest absolute Gasteiger partial charge is 0.336 e. The van der Waals surface area contributed by atoms with E-state index in [0.717, 1.165) is 44.0 Å². The maximum atomic E-state index is 13.7. The topological polar surface area (TPSA) is 44.4 Å². The highest BCUT2D eigenvalue weighted by Gasteiger charge is 2.25. The van der Waals surface area contributed by atoms with Gasteiger partial charge >= 0.3 is 6.03 Å². The van der Waals surface area contributed by atoms with Crippen LogP contribution in [0.1, 0.15) is 30.7 Å². The van der Waals surface area contributed by atoms with Gasteiger partial charge in [0.1, 0.15) is 11.6 Å². The maximum Gasteiger partial charge on any atom is 0.319 e. The predicted molar refractivity (Wildman–Crippen MR) is 100 cm³/mol. The van der Waals surface area contributed by atoms with E-state index in [0.29, 0.717) is 6.54 Å². The number of carbonyl (C=O) groups is 1. The van der Waals surface area contributed by atoms with Crippen LogP contribution in [-0.4, -0.2) is 30.6 Å². The SMILES string of the molecule is CC1CCN([C@@H](CNC(=O)Nc2ccc(F)cc2F)c2cccs2)CC1. The van der Waals surface area contributed by atoms with Crippen LogP contribution in [0.2, 0.25) is 0 Å². The van der Waals surface area contributed by atoms with Crippen molar-refractivity contribution in [2.75, 3.05) is 25.0 Å². The average Bonchev–Trinajstić information content (AvgIpc) is 3.13. The number of piperidine rings is 1. The highest BCUT2D eigenvalue weighted by atomic mass is 32.1. The first-order valence-corrected chi connectivity index (χ1v) is 9.68. The summed E-state index contributed by atoms with van der Waals surface area (Å²) in [5.41, 5.74) is -0.0385. The molecule has 1 fully saturated rings. The van der Waals surface area contributed by atoms with E-state index in [1.165, 1.54) is 10.9 Å². The van der Waals surface area contributed by atoms with Crippen molar-refractivity contribution in [1.29, 1.82) is 0 Å². The number of urea groups is 1. The molecule has 1 saturated heterocycles. The third kappa shape index (κ3) is 4.80. The Bertz CT molecular complexity index is 730. The lowest BCUT2D eigenvalue weighted by molar-refractivity contribution is 0.138. The number of hydrogen-bond acceptors (Lipinski definition) is 3. The molecule has 1 atom stereocenters. The lowest BCUT2D eigenvalue weighted by Gasteiger charge is -2.36. The van der Waals surface area contributed by atoms with Gasteiger partial charge in [-0.1, -0.05) is 13.0 Å².